The summed E-state index contributed by atoms with van der Waals surface area (Å²) in [6.07, 6.45) is 0. The maximum absolute atomic E-state index is 11.9. The van der Waals surface area contributed by atoms with E-state index in [4.69, 9.17) is 4.42 Å². The number of halogens is 2. The molecule has 0 saturated heterocycles. The van der Waals surface area contributed by atoms with E-state index in [1.54, 1.807) is 6.07 Å². The molecular weight excluding hydrogens is 232 g/mol. The van der Waals surface area contributed by atoms with Gasteiger partial charge in [0.15, 0.2) is 0 Å². The highest BCUT2D eigenvalue weighted by Gasteiger charge is 2.11. The summed E-state index contributed by atoms with van der Waals surface area (Å²) in [4.78, 5) is 0. The van der Waals surface area contributed by atoms with E-state index >= 15 is 0 Å². The minimum atomic E-state index is -2.35. The monoisotopic (exact) mass is 249 g/mol. The fourth-order valence-corrected chi connectivity index (χ4v) is 1.54. The Labute approximate surface area is 98.8 Å². The first-order chi connectivity index (χ1) is 7.37. The Morgan fingerprint density at radius 3 is 2.50 bits per heavy atom. The molecule has 92 valence electrons. The van der Waals surface area contributed by atoms with E-state index in [0.717, 1.165) is 5.76 Å². The molecular formula is C11H17F2NOS. The molecule has 0 unspecified atom stereocenters. The van der Waals surface area contributed by atoms with Crippen LogP contribution in [0.1, 0.15) is 32.3 Å². The maximum atomic E-state index is 11.9. The van der Waals surface area contributed by atoms with E-state index in [1.165, 1.54) is 0 Å². The highest BCUT2D eigenvalue weighted by atomic mass is 32.2. The first kappa shape index (κ1) is 13.5. The normalized spacial score (nSPS) is 12.4. The molecule has 0 bridgehead atoms. The molecule has 1 heterocycles. The van der Waals surface area contributed by atoms with Gasteiger partial charge < -0.3 is 9.73 Å². The van der Waals surface area contributed by atoms with Crippen molar-refractivity contribution in [3.8, 4) is 0 Å². The van der Waals surface area contributed by atoms with Crippen molar-refractivity contribution in [2.24, 2.45) is 0 Å². The third kappa shape index (κ3) is 5.51. The van der Waals surface area contributed by atoms with Gasteiger partial charge in [-0.2, -0.15) is 8.78 Å². The van der Waals surface area contributed by atoms with Crippen LogP contribution >= 0.6 is 11.8 Å². The lowest BCUT2D eigenvalue weighted by Crippen LogP contribution is -2.34. The van der Waals surface area contributed by atoms with Crippen molar-refractivity contribution in [1.29, 1.82) is 0 Å². The fraction of sp³-hybridized carbons (Fsp3) is 0.636. The SMILES string of the molecule is CC(C)(C)NCc1ccc(CSC(F)F)o1. The fourth-order valence-electron chi connectivity index (χ4n) is 1.09. The van der Waals surface area contributed by atoms with Gasteiger partial charge in [-0.1, -0.05) is 11.8 Å². The minimum Gasteiger partial charge on any atom is -0.464 e. The topological polar surface area (TPSA) is 25.2 Å². The number of alkyl halides is 2. The van der Waals surface area contributed by atoms with Gasteiger partial charge in [0.25, 0.3) is 5.76 Å². The summed E-state index contributed by atoms with van der Waals surface area (Å²) < 4.78 is 29.3. The van der Waals surface area contributed by atoms with Crippen molar-refractivity contribution in [3.63, 3.8) is 0 Å². The zero-order valence-corrected chi connectivity index (χ0v) is 10.5. The van der Waals surface area contributed by atoms with Gasteiger partial charge in [0.1, 0.15) is 11.5 Å². The molecule has 0 atom stereocenters. The molecule has 1 N–H and O–H groups in total. The van der Waals surface area contributed by atoms with Gasteiger partial charge in [-0.05, 0) is 32.9 Å². The van der Waals surface area contributed by atoms with E-state index in [1.807, 2.05) is 6.07 Å². The summed E-state index contributed by atoms with van der Waals surface area (Å²) in [5, 5.41) is 3.27. The van der Waals surface area contributed by atoms with Crippen molar-refractivity contribution in [2.45, 2.75) is 44.4 Å². The Morgan fingerprint density at radius 2 is 1.94 bits per heavy atom. The molecule has 1 aromatic rings. The summed E-state index contributed by atoms with van der Waals surface area (Å²) in [6, 6.07) is 3.56. The van der Waals surface area contributed by atoms with Crippen LogP contribution in [0.4, 0.5) is 8.78 Å². The molecule has 2 nitrogen and oxygen atoms in total. The van der Waals surface area contributed by atoms with Gasteiger partial charge in [-0.15, -0.1) is 0 Å². The Balaban J connectivity index is 2.39. The van der Waals surface area contributed by atoms with Gasteiger partial charge in [0.2, 0.25) is 0 Å². The molecule has 0 fully saturated rings. The van der Waals surface area contributed by atoms with Crippen LogP contribution < -0.4 is 5.32 Å². The Kier molecular flexibility index (Phi) is 4.80. The lowest BCUT2D eigenvalue weighted by molar-refractivity contribution is 0.251. The summed E-state index contributed by atoms with van der Waals surface area (Å²) in [7, 11) is 0. The molecule has 16 heavy (non-hydrogen) atoms. The van der Waals surface area contributed by atoms with Crippen LogP contribution in [0.15, 0.2) is 16.5 Å². The van der Waals surface area contributed by atoms with Crippen molar-refractivity contribution >= 4 is 11.8 Å². The molecule has 0 saturated carbocycles. The zero-order valence-electron chi connectivity index (χ0n) is 9.72. The maximum Gasteiger partial charge on any atom is 0.284 e. The average molecular weight is 249 g/mol. The molecule has 0 amide bonds. The second-order valence-electron chi connectivity index (χ2n) is 4.54. The van der Waals surface area contributed by atoms with Crippen LogP contribution in [-0.4, -0.2) is 11.3 Å². The van der Waals surface area contributed by atoms with Gasteiger partial charge in [-0.3, -0.25) is 0 Å². The molecule has 0 aliphatic heterocycles. The first-order valence-corrected chi connectivity index (χ1v) is 6.14. The van der Waals surface area contributed by atoms with Crippen molar-refractivity contribution in [2.75, 3.05) is 0 Å². The van der Waals surface area contributed by atoms with Gasteiger partial charge >= 0.3 is 0 Å². The molecule has 0 aliphatic rings. The summed E-state index contributed by atoms with van der Waals surface area (Å²) in [6.45, 7) is 6.79. The van der Waals surface area contributed by atoms with Crippen molar-refractivity contribution < 1.29 is 13.2 Å². The Bertz CT molecular complexity index is 320. The van der Waals surface area contributed by atoms with Crippen LogP contribution in [0.25, 0.3) is 0 Å². The molecule has 5 heteroatoms. The zero-order chi connectivity index (χ0) is 12.2. The van der Waals surface area contributed by atoms with Crippen molar-refractivity contribution in [3.05, 3.63) is 23.7 Å². The van der Waals surface area contributed by atoms with E-state index in [0.29, 0.717) is 24.1 Å². The number of hydrogen-bond acceptors (Lipinski definition) is 3. The molecule has 1 rings (SSSR count). The number of nitrogens with one attached hydrogen (secondary N) is 1. The second-order valence-corrected chi connectivity index (χ2v) is 5.52. The van der Waals surface area contributed by atoms with Crippen molar-refractivity contribution in [1.82, 2.24) is 5.32 Å². The summed E-state index contributed by atoms with van der Waals surface area (Å²) >= 11 is 0.574. The molecule has 1 aromatic heterocycles. The molecule has 0 radical (unpaired) electrons. The molecule has 0 aromatic carbocycles. The van der Waals surface area contributed by atoms with Crippen LogP contribution in [0.5, 0.6) is 0 Å². The van der Waals surface area contributed by atoms with E-state index in [-0.39, 0.29) is 11.3 Å². The van der Waals surface area contributed by atoms with Crippen LogP contribution in [-0.2, 0) is 12.3 Å². The predicted octanol–water partition coefficient (Wildman–Crippen LogP) is 3.62. The standard InChI is InChI=1S/C11H17F2NOS/c1-11(2,3)14-6-8-4-5-9(15-8)7-16-10(12)13/h4-5,10,14H,6-7H2,1-3H3. The van der Waals surface area contributed by atoms with Gasteiger partial charge in [0, 0.05) is 5.54 Å². The Hall–Kier alpha value is -0.550. The highest BCUT2D eigenvalue weighted by Crippen LogP contribution is 2.21. The lowest BCUT2D eigenvalue weighted by Gasteiger charge is -2.19. The largest absolute Gasteiger partial charge is 0.464 e. The van der Waals surface area contributed by atoms with E-state index in [9.17, 15) is 8.78 Å². The third-order valence-corrected chi connectivity index (χ3v) is 2.56. The highest BCUT2D eigenvalue weighted by molar-refractivity contribution is 7.98. The first-order valence-electron chi connectivity index (χ1n) is 5.09. The lowest BCUT2D eigenvalue weighted by atomic mass is 10.1. The van der Waals surface area contributed by atoms with E-state index < -0.39 is 5.76 Å². The predicted molar refractivity (Wildman–Crippen MR) is 62.6 cm³/mol. The molecule has 0 spiro atoms. The number of rotatable bonds is 5. The van der Waals surface area contributed by atoms with Crippen LogP contribution in [0.3, 0.4) is 0 Å². The minimum absolute atomic E-state index is 0.0185. The van der Waals surface area contributed by atoms with Crippen LogP contribution in [0.2, 0.25) is 0 Å². The molecule has 0 aliphatic carbocycles. The number of thioether (sulfide) groups is 1. The average Bonchev–Trinajstić information content (AvgIpc) is 2.58. The third-order valence-electron chi connectivity index (χ3n) is 1.86. The number of hydrogen-bond donors (Lipinski definition) is 1. The second kappa shape index (κ2) is 5.68. The van der Waals surface area contributed by atoms with Gasteiger partial charge in [-0.25, -0.2) is 0 Å². The summed E-state index contributed by atoms with van der Waals surface area (Å²) in [5.74, 6) is -0.759. The number of furan rings is 1. The summed E-state index contributed by atoms with van der Waals surface area (Å²) in [5.41, 5.74) is 0.0185. The smallest absolute Gasteiger partial charge is 0.284 e. The Morgan fingerprint density at radius 1 is 1.31 bits per heavy atom. The van der Waals surface area contributed by atoms with E-state index in [2.05, 4.69) is 26.1 Å². The van der Waals surface area contributed by atoms with Crippen LogP contribution in [0, 0.1) is 0 Å². The van der Waals surface area contributed by atoms with Gasteiger partial charge in [0.05, 0.1) is 12.3 Å². The quantitative estimate of drug-likeness (QED) is 0.862.